The van der Waals surface area contributed by atoms with Crippen LogP contribution in [0.15, 0.2) is 22.7 Å². The number of benzene rings is 1. The molecular weight excluding hydrogens is 357 g/mol. The predicted molar refractivity (Wildman–Crippen MR) is 60.9 cm³/mol. The van der Waals surface area contributed by atoms with E-state index in [1.807, 2.05) is 0 Å². The fourth-order valence-corrected chi connectivity index (χ4v) is 1.70. The molecule has 0 bridgehead atoms. The number of carbonyl (C=O) groups is 1. The van der Waals surface area contributed by atoms with E-state index in [0.717, 1.165) is 6.07 Å². The molecule has 1 aromatic rings. The van der Waals surface area contributed by atoms with Crippen LogP contribution in [0.3, 0.4) is 0 Å². The van der Waals surface area contributed by atoms with E-state index in [1.165, 1.54) is 12.1 Å². The Balaban J connectivity index is 2.89. The van der Waals surface area contributed by atoms with E-state index in [2.05, 4.69) is 20.7 Å². The van der Waals surface area contributed by atoms with Crippen molar-refractivity contribution >= 4 is 32.0 Å². The number of hydrogen-bond donors (Lipinski definition) is 1. The van der Waals surface area contributed by atoms with Crippen LogP contribution in [0, 0.1) is 5.82 Å². The molecule has 0 radical (unpaired) electrons. The topological polar surface area (TPSA) is 80.7 Å². The molecule has 0 aliphatic carbocycles. The minimum Gasteiger partial charge on any atom is -0.454 e. The van der Waals surface area contributed by atoms with Gasteiger partial charge in [-0.2, -0.15) is 17.2 Å². The van der Waals surface area contributed by atoms with Gasteiger partial charge >= 0.3 is 21.3 Å². The van der Waals surface area contributed by atoms with Gasteiger partial charge in [0.1, 0.15) is 11.4 Å². The summed E-state index contributed by atoms with van der Waals surface area (Å²) in [5.41, 5.74) is -0.659. The quantitative estimate of drug-likeness (QED) is 0.656. The van der Waals surface area contributed by atoms with E-state index in [4.69, 9.17) is 4.55 Å². The molecule has 10 heteroatoms. The van der Waals surface area contributed by atoms with Crippen molar-refractivity contribution in [3.05, 3.63) is 34.1 Å². The summed E-state index contributed by atoms with van der Waals surface area (Å²) >= 11 is 2.81. The van der Waals surface area contributed by atoms with Crippen LogP contribution in [-0.4, -0.2) is 30.8 Å². The van der Waals surface area contributed by atoms with Crippen LogP contribution in [0.5, 0.6) is 0 Å². The highest BCUT2D eigenvalue weighted by molar-refractivity contribution is 9.10. The Labute approximate surface area is 114 Å². The van der Waals surface area contributed by atoms with Crippen LogP contribution in [0.4, 0.5) is 13.2 Å². The van der Waals surface area contributed by atoms with Gasteiger partial charge in [0, 0.05) is 4.47 Å². The van der Waals surface area contributed by atoms with Crippen molar-refractivity contribution in [1.82, 2.24) is 0 Å². The fraction of sp³-hybridized carbons (Fsp3) is 0.222. The third kappa shape index (κ3) is 3.67. The van der Waals surface area contributed by atoms with Crippen LogP contribution in [0.1, 0.15) is 10.4 Å². The maximum atomic E-state index is 13.3. The maximum absolute atomic E-state index is 13.3. The molecule has 0 aromatic heterocycles. The van der Waals surface area contributed by atoms with E-state index in [1.54, 1.807) is 0 Å². The zero-order chi connectivity index (χ0) is 14.8. The van der Waals surface area contributed by atoms with Gasteiger partial charge in [0.15, 0.2) is 6.61 Å². The third-order valence-electron chi connectivity index (χ3n) is 1.92. The van der Waals surface area contributed by atoms with Crippen molar-refractivity contribution in [3.8, 4) is 0 Å². The molecule has 106 valence electrons. The Hall–Kier alpha value is -1.13. The Kier molecular flexibility index (Phi) is 4.59. The Morgan fingerprint density at radius 3 is 2.47 bits per heavy atom. The molecule has 0 spiro atoms. The first-order valence-electron chi connectivity index (χ1n) is 4.52. The maximum Gasteiger partial charge on any atom is 0.402 e. The molecule has 5 nitrogen and oxygen atoms in total. The summed E-state index contributed by atoms with van der Waals surface area (Å²) < 4.78 is 71.5. The Morgan fingerprint density at radius 1 is 1.42 bits per heavy atom. The molecule has 1 N–H and O–H groups in total. The Morgan fingerprint density at radius 2 is 2.00 bits per heavy atom. The van der Waals surface area contributed by atoms with Gasteiger partial charge in [0.05, 0.1) is 0 Å². The molecule has 0 fully saturated rings. The molecule has 1 aromatic carbocycles. The number of halogens is 4. The van der Waals surface area contributed by atoms with E-state index in [-0.39, 0.29) is 4.47 Å². The minimum atomic E-state index is -5.72. The molecule has 1 rings (SSSR count). The molecule has 0 atom stereocenters. The highest BCUT2D eigenvalue weighted by atomic mass is 79.9. The second kappa shape index (κ2) is 5.47. The lowest BCUT2D eigenvalue weighted by Gasteiger charge is -2.13. The second-order valence-electron chi connectivity index (χ2n) is 3.29. The molecule has 0 saturated heterocycles. The van der Waals surface area contributed by atoms with Gasteiger partial charge < -0.3 is 4.74 Å². The van der Waals surface area contributed by atoms with Crippen molar-refractivity contribution in [2.24, 2.45) is 0 Å². The largest absolute Gasteiger partial charge is 0.454 e. The number of hydrogen-bond acceptors (Lipinski definition) is 4. The smallest absolute Gasteiger partial charge is 0.402 e. The highest BCUT2D eigenvalue weighted by Gasteiger charge is 2.45. The summed E-state index contributed by atoms with van der Waals surface area (Å²) in [6.07, 6.45) is 0. The number of rotatable bonds is 4. The first-order chi connectivity index (χ1) is 8.56. The molecule has 0 heterocycles. The molecule has 0 saturated carbocycles. The van der Waals surface area contributed by atoms with Gasteiger partial charge in [0.2, 0.25) is 0 Å². The number of alkyl halides is 2. The molecule has 0 amide bonds. The van der Waals surface area contributed by atoms with Crippen molar-refractivity contribution in [2.75, 3.05) is 6.61 Å². The zero-order valence-corrected chi connectivity index (χ0v) is 11.3. The van der Waals surface area contributed by atoms with Gasteiger partial charge in [-0.1, -0.05) is 6.07 Å². The second-order valence-corrected chi connectivity index (χ2v) is 5.69. The standard InChI is InChI=1S/C9H6BrF3O5S/c10-5-2-1-3-6(11)7(5)8(14)18-4-9(12,13)19(15,16)17/h1-3H,4H2,(H,15,16,17). The van der Waals surface area contributed by atoms with Gasteiger partial charge in [-0.3, -0.25) is 4.55 Å². The van der Waals surface area contributed by atoms with Gasteiger partial charge in [-0.05, 0) is 28.1 Å². The summed E-state index contributed by atoms with van der Waals surface area (Å²) in [6.45, 7) is -1.93. The number of ether oxygens (including phenoxy) is 1. The fourth-order valence-electron chi connectivity index (χ4n) is 0.989. The summed E-state index contributed by atoms with van der Waals surface area (Å²) in [5.74, 6) is -2.53. The number of carbonyl (C=O) groups excluding carboxylic acids is 1. The van der Waals surface area contributed by atoms with E-state index in [9.17, 15) is 26.4 Å². The third-order valence-corrected chi connectivity index (χ3v) is 3.45. The molecule has 0 aliphatic rings. The van der Waals surface area contributed by atoms with E-state index >= 15 is 0 Å². The predicted octanol–water partition coefficient (Wildman–Crippen LogP) is 2.23. The van der Waals surface area contributed by atoms with Crippen LogP contribution in [0.2, 0.25) is 0 Å². The van der Waals surface area contributed by atoms with Gasteiger partial charge in [0.25, 0.3) is 0 Å². The van der Waals surface area contributed by atoms with Crippen molar-refractivity contribution < 1.29 is 35.7 Å². The summed E-state index contributed by atoms with van der Waals surface area (Å²) in [6, 6.07) is 3.41. The molecular formula is C9H6BrF3O5S. The average Bonchev–Trinajstić information content (AvgIpc) is 2.24. The molecule has 0 aliphatic heterocycles. The number of esters is 1. The Bertz CT molecular complexity index is 582. The first kappa shape index (κ1) is 15.9. The zero-order valence-electron chi connectivity index (χ0n) is 8.94. The van der Waals surface area contributed by atoms with Gasteiger partial charge in [-0.15, -0.1) is 0 Å². The van der Waals surface area contributed by atoms with Crippen molar-refractivity contribution in [1.29, 1.82) is 0 Å². The average molecular weight is 363 g/mol. The lowest BCUT2D eigenvalue weighted by Crippen LogP contribution is -2.34. The van der Waals surface area contributed by atoms with Gasteiger partial charge in [-0.25, -0.2) is 9.18 Å². The van der Waals surface area contributed by atoms with Crippen molar-refractivity contribution in [2.45, 2.75) is 5.25 Å². The van der Waals surface area contributed by atoms with Crippen LogP contribution < -0.4 is 0 Å². The van der Waals surface area contributed by atoms with Crippen LogP contribution >= 0.6 is 15.9 Å². The first-order valence-corrected chi connectivity index (χ1v) is 6.75. The molecule has 19 heavy (non-hydrogen) atoms. The highest BCUT2D eigenvalue weighted by Crippen LogP contribution is 2.24. The summed E-state index contributed by atoms with van der Waals surface area (Å²) in [4.78, 5) is 11.4. The normalized spacial score (nSPS) is 12.3. The lowest BCUT2D eigenvalue weighted by atomic mass is 10.2. The SMILES string of the molecule is O=C(OCC(F)(F)S(=O)(=O)O)c1c(F)cccc1Br. The summed E-state index contributed by atoms with van der Waals surface area (Å²) in [7, 11) is -5.72. The van der Waals surface area contributed by atoms with Crippen molar-refractivity contribution in [3.63, 3.8) is 0 Å². The van der Waals surface area contributed by atoms with Crippen LogP contribution in [0.25, 0.3) is 0 Å². The van der Waals surface area contributed by atoms with E-state index in [0.29, 0.717) is 0 Å². The van der Waals surface area contributed by atoms with Crippen LogP contribution in [-0.2, 0) is 14.9 Å². The lowest BCUT2D eigenvalue weighted by molar-refractivity contribution is -0.00985. The van der Waals surface area contributed by atoms with E-state index < -0.39 is 39.3 Å². The molecule has 0 unspecified atom stereocenters. The monoisotopic (exact) mass is 362 g/mol. The summed E-state index contributed by atoms with van der Waals surface area (Å²) in [5, 5.41) is -4.67. The minimum absolute atomic E-state index is 0.0485.